The number of para-hydroxylation sites is 1. The van der Waals surface area contributed by atoms with Crippen molar-refractivity contribution in [3.8, 4) is 5.69 Å². The summed E-state index contributed by atoms with van der Waals surface area (Å²) in [5, 5.41) is 0.787. The average Bonchev–Trinajstić information content (AvgIpc) is 3.22. The van der Waals surface area contributed by atoms with Crippen LogP contribution in [0, 0.1) is 0 Å². The van der Waals surface area contributed by atoms with Gasteiger partial charge in [-0.3, -0.25) is 14.2 Å². The fraction of sp³-hybridized carbons (Fsp3) is 0.269. The molecule has 0 fully saturated rings. The van der Waals surface area contributed by atoms with Crippen LogP contribution < -0.4 is 5.56 Å². The fourth-order valence-corrected chi connectivity index (χ4v) is 6.86. The molecule has 7 heteroatoms. The monoisotopic (exact) mass is 475 g/mol. The molecule has 1 aliphatic rings. The third-order valence-corrected chi connectivity index (χ3v) is 8.34. The van der Waals surface area contributed by atoms with Crippen LogP contribution in [0.1, 0.15) is 34.1 Å². The molecule has 5 rings (SSSR count). The number of amides is 1. The van der Waals surface area contributed by atoms with Crippen LogP contribution in [0.2, 0.25) is 0 Å². The molecule has 1 amide bonds. The fourth-order valence-electron chi connectivity index (χ4n) is 4.30. The molecule has 0 N–H and O–H groups in total. The predicted molar refractivity (Wildman–Crippen MR) is 136 cm³/mol. The quantitative estimate of drug-likeness (QED) is 0.292. The van der Waals surface area contributed by atoms with Crippen molar-refractivity contribution in [1.82, 2.24) is 14.5 Å². The second-order valence-corrected chi connectivity index (χ2v) is 10.6. The van der Waals surface area contributed by atoms with E-state index in [0.717, 1.165) is 47.2 Å². The van der Waals surface area contributed by atoms with E-state index in [1.807, 2.05) is 60.7 Å². The molecule has 0 aliphatic heterocycles. The summed E-state index contributed by atoms with van der Waals surface area (Å²) in [6, 6.07) is 19.3. The van der Waals surface area contributed by atoms with Crippen molar-refractivity contribution >= 4 is 39.2 Å². The standard InChI is InChI=1S/C26H25N3O2S2/c1-28(2)25(31)22(17-11-5-3-6-12-17)33-26-27-23-21(19-15-9-10-16-20(19)32-23)24(30)29(26)18-13-7-4-8-14-18/h3-8,11-14,22H,9-10,15-16H2,1-2H3. The highest BCUT2D eigenvalue weighted by atomic mass is 32.2. The zero-order valence-electron chi connectivity index (χ0n) is 18.7. The number of hydrogen-bond donors (Lipinski definition) is 0. The van der Waals surface area contributed by atoms with Crippen molar-refractivity contribution in [2.24, 2.45) is 0 Å². The molecule has 1 atom stereocenters. The van der Waals surface area contributed by atoms with E-state index in [9.17, 15) is 9.59 Å². The summed E-state index contributed by atoms with van der Waals surface area (Å²) in [6.07, 6.45) is 4.20. The number of benzene rings is 2. The number of rotatable bonds is 5. The molecule has 0 radical (unpaired) electrons. The van der Waals surface area contributed by atoms with Crippen LogP contribution in [0.25, 0.3) is 15.9 Å². The topological polar surface area (TPSA) is 55.2 Å². The maximum atomic E-state index is 13.9. The molecule has 5 nitrogen and oxygen atoms in total. The van der Waals surface area contributed by atoms with Gasteiger partial charge in [-0.2, -0.15) is 0 Å². The predicted octanol–water partition coefficient (Wildman–Crippen LogP) is 5.25. The summed E-state index contributed by atoms with van der Waals surface area (Å²) >= 11 is 2.98. The Hall–Kier alpha value is -2.90. The van der Waals surface area contributed by atoms with E-state index < -0.39 is 5.25 Å². The Morgan fingerprint density at radius 2 is 1.70 bits per heavy atom. The Morgan fingerprint density at radius 1 is 1.03 bits per heavy atom. The van der Waals surface area contributed by atoms with Crippen LogP contribution in [0.5, 0.6) is 0 Å². The normalized spacial score (nSPS) is 14.1. The smallest absolute Gasteiger partial charge is 0.267 e. The summed E-state index contributed by atoms with van der Waals surface area (Å²) < 4.78 is 1.69. The number of likely N-dealkylation sites (N-methyl/N-ethyl adjacent to an activating group) is 1. The zero-order chi connectivity index (χ0) is 22.9. The van der Waals surface area contributed by atoms with Gasteiger partial charge in [-0.1, -0.05) is 60.3 Å². The van der Waals surface area contributed by atoms with Crippen LogP contribution in [-0.4, -0.2) is 34.5 Å². The first-order valence-corrected chi connectivity index (χ1v) is 12.8. The SMILES string of the molecule is CN(C)C(=O)C(Sc1nc2sc3c(c2c(=O)n1-c1ccccc1)CCCC3)c1ccccc1. The molecule has 2 heterocycles. The number of aryl methyl sites for hydroxylation is 2. The van der Waals surface area contributed by atoms with Crippen molar-refractivity contribution in [3.05, 3.63) is 87.0 Å². The van der Waals surface area contributed by atoms with Gasteiger partial charge in [0.1, 0.15) is 10.1 Å². The Labute approximate surface area is 201 Å². The van der Waals surface area contributed by atoms with Crippen molar-refractivity contribution in [2.45, 2.75) is 36.1 Å². The first-order chi connectivity index (χ1) is 16.0. The van der Waals surface area contributed by atoms with Crippen molar-refractivity contribution in [2.75, 3.05) is 14.1 Å². The van der Waals surface area contributed by atoms with Gasteiger partial charge < -0.3 is 4.90 Å². The average molecular weight is 476 g/mol. The number of hydrogen-bond acceptors (Lipinski definition) is 5. The molecule has 4 aromatic rings. The number of carbonyl (C=O) groups is 1. The van der Waals surface area contributed by atoms with Crippen LogP contribution in [0.15, 0.2) is 70.6 Å². The third-order valence-electron chi connectivity index (χ3n) is 5.96. The molecule has 0 saturated heterocycles. The van der Waals surface area contributed by atoms with Gasteiger partial charge in [-0.15, -0.1) is 11.3 Å². The van der Waals surface area contributed by atoms with Gasteiger partial charge in [-0.05, 0) is 48.9 Å². The maximum absolute atomic E-state index is 13.9. The van der Waals surface area contributed by atoms with E-state index in [2.05, 4.69) is 0 Å². The lowest BCUT2D eigenvalue weighted by molar-refractivity contribution is -0.128. The van der Waals surface area contributed by atoms with Crippen LogP contribution in [0.3, 0.4) is 0 Å². The second kappa shape index (κ2) is 9.15. The minimum Gasteiger partial charge on any atom is -0.348 e. The molecule has 0 saturated carbocycles. The van der Waals surface area contributed by atoms with E-state index in [1.165, 1.54) is 22.2 Å². The van der Waals surface area contributed by atoms with Crippen LogP contribution in [-0.2, 0) is 17.6 Å². The minimum absolute atomic E-state index is 0.0365. The molecule has 168 valence electrons. The van der Waals surface area contributed by atoms with Crippen molar-refractivity contribution in [3.63, 3.8) is 0 Å². The Morgan fingerprint density at radius 3 is 2.39 bits per heavy atom. The molecule has 0 bridgehead atoms. The number of fused-ring (bicyclic) bond motifs is 3. The van der Waals surface area contributed by atoms with Gasteiger partial charge >= 0.3 is 0 Å². The molecule has 33 heavy (non-hydrogen) atoms. The molecular weight excluding hydrogens is 450 g/mol. The maximum Gasteiger partial charge on any atom is 0.267 e. The van der Waals surface area contributed by atoms with E-state index in [-0.39, 0.29) is 11.5 Å². The zero-order valence-corrected chi connectivity index (χ0v) is 20.3. The van der Waals surface area contributed by atoms with Gasteiger partial charge in [0.25, 0.3) is 5.56 Å². The summed E-state index contributed by atoms with van der Waals surface area (Å²) in [7, 11) is 3.51. The first kappa shape index (κ1) is 21.9. The highest BCUT2D eigenvalue weighted by Gasteiger charge is 2.28. The van der Waals surface area contributed by atoms with E-state index in [1.54, 1.807) is 34.9 Å². The second-order valence-electron chi connectivity index (χ2n) is 8.40. The summed E-state index contributed by atoms with van der Waals surface area (Å²) in [6.45, 7) is 0. The summed E-state index contributed by atoms with van der Waals surface area (Å²) in [5.41, 5.74) is 2.78. The molecule has 2 aromatic carbocycles. The van der Waals surface area contributed by atoms with Crippen molar-refractivity contribution < 1.29 is 4.79 Å². The first-order valence-electron chi connectivity index (χ1n) is 11.1. The summed E-state index contributed by atoms with van der Waals surface area (Å²) in [5.74, 6) is -0.0365. The Balaban J connectivity index is 1.72. The van der Waals surface area contributed by atoms with E-state index >= 15 is 0 Å². The van der Waals surface area contributed by atoms with Gasteiger partial charge in [0.05, 0.1) is 11.1 Å². The van der Waals surface area contributed by atoms with E-state index in [0.29, 0.717) is 5.16 Å². The Bertz CT molecular complexity index is 1360. The lowest BCUT2D eigenvalue weighted by Crippen LogP contribution is -2.28. The largest absolute Gasteiger partial charge is 0.348 e. The number of carbonyl (C=O) groups excluding carboxylic acids is 1. The number of thioether (sulfide) groups is 1. The lowest BCUT2D eigenvalue weighted by atomic mass is 9.97. The van der Waals surface area contributed by atoms with Gasteiger partial charge in [0.15, 0.2) is 5.16 Å². The molecule has 0 spiro atoms. The number of thiophene rings is 1. The number of nitrogens with zero attached hydrogens (tertiary/aromatic N) is 3. The third kappa shape index (κ3) is 4.11. The Kier molecular flexibility index (Phi) is 6.08. The van der Waals surface area contributed by atoms with Gasteiger partial charge in [0.2, 0.25) is 5.91 Å². The molecular formula is C26H25N3O2S2. The minimum atomic E-state index is -0.505. The highest BCUT2D eigenvalue weighted by molar-refractivity contribution is 8.00. The summed E-state index contributed by atoms with van der Waals surface area (Å²) in [4.78, 5) is 35.8. The van der Waals surface area contributed by atoms with Gasteiger partial charge in [0, 0.05) is 19.0 Å². The lowest BCUT2D eigenvalue weighted by Gasteiger charge is -2.22. The van der Waals surface area contributed by atoms with Crippen molar-refractivity contribution in [1.29, 1.82) is 0 Å². The molecule has 1 aliphatic carbocycles. The molecule has 1 unspecified atom stereocenters. The van der Waals surface area contributed by atoms with Gasteiger partial charge in [-0.25, -0.2) is 4.98 Å². The molecule has 2 aromatic heterocycles. The number of aromatic nitrogens is 2. The van der Waals surface area contributed by atoms with Crippen LogP contribution >= 0.6 is 23.1 Å². The van der Waals surface area contributed by atoms with Crippen LogP contribution in [0.4, 0.5) is 0 Å². The highest BCUT2D eigenvalue weighted by Crippen LogP contribution is 2.39. The van der Waals surface area contributed by atoms with E-state index in [4.69, 9.17) is 4.98 Å².